The van der Waals surface area contributed by atoms with Crippen molar-refractivity contribution < 1.29 is 0 Å². The maximum Gasteiger partial charge on any atom is 0.0170 e. The molecule has 3 unspecified atom stereocenters. The molecule has 0 bridgehead atoms. The molecule has 1 saturated carbocycles. The predicted octanol–water partition coefficient (Wildman–Crippen LogP) is 2.87. The predicted molar refractivity (Wildman–Crippen MR) is 71.5 cm³/mol. The minimum Gasteiger partial charge on any atom is -0.327 e. The van der Waals surface area contributed by atoms with E-state index in [1.165, 1.54) is 25.7 Å². The van der Waals surface area contributed by atoms with Crippen molar-refractivity contribution in [2.75, 3.05) is 13.6 Å². The first-order valence-corrected chi connectivity index (χ1v) is 6.96. The lowest BCUT2D eigenvalue weighted by atomic mass is 9.85. The van der Waals surface area contributed by atoms with Crippen molar-refractivity contribution in [2.45, 2.75) is 65.0 Å². The number of nitrogens with two attached hydrogens (primary N) is 1. The molecule has 0 radical (unpaired) electrons. The van der Waals surface area contributed by atoms with Gasteiger partial charge in [0, 0.05) is 18.6 Å². The van der Waals surface area contributed by atoms with Crippen molar-refractivity contribution >= 4 is 0 Å². The summed E-state index contributed by atoms with van der Waals surface area (Å²) in [6.45, 7) is 7.97. The first kappa shape index (κ1) is 14.0. The molecule has 2 N–H and O–H groups in total. The number of likely N-dealkylation sites (N-methyl/N-ethyl adjacent to an activating group) is 1. The largest absolute Gasteiger partial charge is 0.327 e. The maximum atomic E-state index is 6.19. The molecule has 1 fully saturated rings. The van der Waals surface area contributed by atoms with Gasteiger partial charge in [-0.15, -0.1) is 0 Å². The summed E-state index contributed by atoms with van der Waals surface area (Å²) in [6, 6.07) is 1.12. The Hall–Kier alpha value is -0.0800. The molecule has 0 saturated heterocycles. The standard InChI is InChI=1S/C14H30N2/c1-11(2)9-13(15)10-16(4)14-8-6-5-7-12(14)3/h11-14H,5-10,15H2,1-4H3. The lowest BCUT2D eigenvalue weighted by Crippen LogP contribution is -2.45. The average Bonchev–Trinajstić information content (AvgIpc) is 2.16. The summed E-state index contributed by atoms with van der Waals surface area (Å²) >= 11 is 0. The van der Waals surface area contributed by atoms with Gasteiger partial charge in [0.25, 0.3) is 0 Å². The van der Waals surface area contributed by atoms with E-state index < -0.39 is 0 Å². The van der Waals surface area contributed by atoms with E-state index in [9.17, 15) is 0 Å². The fourth-order valence-corrected chi connectivity index (χ4v) is 3.14. The minimum atomic E-state index is 0.346. The first-order chi connectivity index (χ1) is 7.50. The summed E-state index contributed by atoms with van der Waals surface area (Å²) in [5.74, 6) is 1.57. The molecule has 0 spiro atoms. The molecular formula is C14H30N2. The van der Waals surface area contributed by atoms with E-state index in [4.69, 9.17) is 5.73 Å². The number of hydrogen-bond donors (Lipinski definition) is 1. The Morgan fingerprint density at radius 1 is 1.25 bits per heavy atom. The molecule has 1 aliphatic carbocycles. The van der Waals surface area contributed by atoms with E-state index in [1.807, 2.05) is 0 Å². The van der Waals surface area contributed by atoms with Crippen molar-refractivity contribution in [3.63, 3.8) is 0 Å². The van der Waals surface area contributed by atoms with Crippen molar-refractivity contribution in [1.29, 1.82) is 0 Å². The zero-order chi connectivity index (χ0) is 12.1. The Balaban J connectivity index is 2.35. The lowest BCUT2D eigenvalue weighted by Gasteiger charge is -2.37. The number of nitrogens with zero attached hydrogens (tertiary/aromatic N) is 1. The Morgan fingerprint density at radius 3 is 2.44 bits per heavy atom. The fourth-order valence-electron chi connectivity index (χ4n) is 3.14. The average molecular weight is 226 g/mol. The Kier molecular flexibility index (Phi) is 5.77. The fraction of sp³-hybridized carbons (Fsp3) is 1.00. The van der Waals surface area contributed by atoms with Gasteiger partial charge in [-0.1, -0.05) is 33.6 Å². The van der Waals surface area contributed by atoms with Gasteiger partial charge in [-0.2, -0.15) is 0 Å². The molecule has 0 aromatic rings. The normalized spacial score (nSPS) is 28.7. The smallest absolute Gasteiger partial charge is 0.0170 e. The molecule has 1 rings (SSSR count). The van der Waals surface area contributed by atoms with Crippen LogP contribution in [0.15, 0.2) is 0 Å². The van der Waals surface area contributed by atoms with Gasteiger partial charge in [0.05, 0.1) is 0 Å². The van der Waals surface area contributed by atoms with E-state index in [0.29, 0.717) is 12.0 Å². The third-order valence-corrected chi connectivity index (χ3v) is 3.93. The van der Waals surface area contributed by atoms with Crippen LogP contribution in [0.25, 0.3) is 0 Å². The molecule has 0 amide bonds. The number of rotatable bonds is 5. The van der Waals surface area contributed by atoms with Crippen LogP contribution in [0.4, 0.5) is 0 Å². The van der Waals surface area contributed by atoms with Gasteiger partial charge in [-0.25, -0.2) is 0 Å². The summed E-state index contributed by atoms with van der Waals surface area (Å²) in [7, 11) is 2.26. The van der Waals surface area contributed by atoms with Crippen molar-refractivity contribution in [3.05, 3.63) is 0 Å². The molecule has 2 nitrogen and oxygen atoms in total. The molecule has 0 aromatic carbocycles. The van der Waals surface area contributed by atoms with Crippen LogP contribution >= 0.6 is 0 Å². The molecule has 0 aliphatic heterocycles. The molecule has 96 valence electrons. The molecule has 3 atom stereocenters. The molecular weight excluding hydrogens is 196 g/mol. The van der Waals surface area contributed by atoms with Gasteiger partial charge < -0.3 is 10.6 Å². The third-order valence-electron chi connectivity index (χ3n) is 3.93. The Morgan fingerprint density at radius 2 is 1.88 bits per heavy atom. The highest BCUT2D eigenvalue weighted by atomic mass is 15.1. The second-order valence-electron chi connectivity index (χ2n) is 6.16. The molecule has 2 heteroatoms. The van der Waals surface area contributed by atoms with Crippen LogP contribution < -0.4 is 5.73 Å². The van der Waals surface area contributed by atoms with Gasteiger partial charge >= 0.3 is 0 Å². The van der Waals surface area contributed by atoms with Crippen molar-refractivity contribution in [2.24, 2.45) is 17.6 Å². The first-order valence-electron chi connectivity index (χ1n) is 6.96. The van der Waals surface area contributed by atoms with E-state index in [0.717, 1.165) is 24.9 Å². The van der Waals surface area contributed by atoms with Crippen LogP contribution in [-0.2, 0) is 0 Å². The van der Waals surface area contributed by atoms with Gasteiger partial charge in [0.2, 0.25) is 0 Å². The van der Waals surface area contributed by atoms with Gasteiger partial charge in [-0.05, 0) is 38.1 Å². The highest BCUT2D eigenvalue weighted by molar-refractivity contribution is 4.81. The highest BCUT2D eigenvalue weighted by Gasteiger charge is 2.25. The highest BCUT2D eigenvalue weighted by Crippen LogP contribution is 2.27. The summed E-state index contributed by atoms with van der Waals surface area (Å²) < 4.78 is 0. The van der Waals surface area contributed by atoms with E-state index >= 15 is 0 Å². The molecule has 16 heavy (non-hydrogen) atoms. The van der Waals surface area contributed by atoms with Crippen LogP contribution in [0.5, 0.6) is 0 Å². The van der Waals surface area contributed by atoms with E-state index in [2.05, 4.69) is 32.7 Å². The Labute approximate surface area is 102 Å². The van der Waals surface area contributed by atoms with Crippen LogP contribution in [0.2, 0.25) is 0 Å². The van der Waals surface area contributed by atoms with E-state index in [1.54, 1.807) is 0 Å². The van der Waals surface area contributed by atoms with Crippen molar-refractivity contribution in [3.8, 4) is 0 Å². The van der Waals surface area contributed by atoms with Crippen LogP contribution in [0.1, 0.15) is 52.9 Å². The van der Waals surface area contributed by atoms with Gasteiger partial charge in [0.15, 0.2) is 0 Å². The molecule has 0 heterocycles. The minimum absolute atomic E-state index is 0.346. The third kappa shape index (κ3) is 4.42. The lowest BCUT2D eigenvalue weighted by molar-refractivity contribution is 0.130. The number of hydrogen-bond acceptors (Lipinski definition) is 2. The van der Waals surface area contributed by atoms with Crippen LogP contribution in [-0.4, -0.2) is 30.6 Å². The second-order valence-corrected chi connectivity index (χ2v) is 6.16. The maximum absolute atomic E-state index is 6.19. The quantitative estimate of drug-likeness (QED) is 0.781. The summed E-state index contributed by atoms with van der Waals surface area (Å²) in [4.78, 5) is 2.51. The van der Waals surface area contributed by atoms with Crippen LogP contribution in [0.3, 0.4) is 0 Å². The SMILES string of the molecule is CC(C)CC(N)CN(C)C1CCCCC1C. The van der Waals surface area contributed by atoms with Crippen molar-refractivity contribution in [1.82, 2.24) is 4.90 Å². The zero-order valence-electron chi connectivity index (χ0n) is 11.6. The topological polar surface area (TPSA) is 29.3 Å². The monoisotopic (exact) mass is 226 g/mol. The summed E-state index contributed by atoms with van der Waals surface area (Å²) in [5, 5.41) is 0. The molecule has 1 aliphatic rings. The molecule has 0 aromatic heterocycles. The van der Waals surface area contributed by atoms with E-state index in [-0.39, 0.29) is 0 Å². The zero-order valence-corrected chi connectivity index (χ0v) is 11.6. The second kappa shape index (κ2) is 6.61. The summed E-state index contributed by atoms with van der Waals surface area (Å²) in [6.07, 6.45) is 6.73. The van der Waals surface area contributed by atoms with Gasteiger partial charge in [-0.3, -0.25) is 0 Å². The summed E-state index contributed by atoms with van der Waals surface area (Å²) in [5.41, 5.74) is 6.19. The van der Waals surface area contributed by atoms with Crippen LogP contribution in [0, 0.1) is 11.8 Å². The van der Waals surface area contributed by atoms with Gasteiger partial charge in [0.1, 0.15) is 0 Å². The Bertz CT molecular complexity index is 191.